The van der Waals surface area contributed by atoms with Gasteiger partial charge in [0, 0.05) is 18.2 Å². The fraction of sp³-hybridized carbons (Fsp3) is 0.583. The third-order valence-corrected chi connectivity index (χ3v) is 3.40. The van der Waals surface area contributed by atoms with Crippen molar-refractivity contribution < 1.29 is 4.39 Å². The molecule has 0 aromatic carbocycles. The number of aromatic nitrogens is 1. The highest BCUT2D eigenvalue weighted by Crippen LogP contribution is 2.30. The highest BCUT2D eigenvalue weighted by Gasteiger charge is 2.28. The van der Waals surface area contributed by atoms with Crippen LogP contribution in [-0.4, -0.2) is 17.6 Å². The van der Waals surface area contributed by atoms with Gasteiger partial charge >= 0.3 is 0 Å². The molecule has 1 aromatic rings. The summed E-state index contributed by atoms with van der Waals surface area (Å²) < 4.78 is 13.1. The number of nitrogens with zero attached hydrogens (tertiary/aromatic N) is 2. The first-order valence-electron chi connectivity index (χ1n) is 5.59. The molecule has 0 amide bonds. The van der Waals surface area contributed by atoms with Gasteiger partial charge in [0.2, 0.25) is 0 Å². The zero-order chi connectivity index (χ0) is 11.7. The summed E-state index contributed by atoms with van der Waals surface area (Å²) in [5, 5.41) is 0. The van der Waals surface area contributed by atoms with E-state index < -0.39 is 0 Å². The molecule has 1 saturated heterocycles. The molecule has 1 aliphatic heterocycles. The maximum absolute atomic E-state index is 13.1. The molecule has 2 nitrogen and oxygen atoms in total. The maximum atomic E-state index is 13.1. The molecular formula is C12H16ClFN2. The molecule has 0 N–H and O–H groups in total. The monoisotopic (exact) mass is 242 g/mol. The van der Waals surface area contributed by atoms with Gasteiger partial charge in [-0.15, -0.1) is 11.6 Å². The van der Waals surface area contributed by atoms with Gasteiger partial charge in [-0.1, -0.05) is 6.92 Å². The van der Waals surface area contributed by atoms with E-state index in [0.717, 1.165) is 24.3 Å². The molecule has 0 spiro atoms. The van der Waals surface area contributed by atoms with Crippen LogP contribution in [0.25, 0.3) is 0 Å². The Morgan fingerprint density at radius 2 is 2.31 bits per heavy atom. The lowest BCUT2D eigenvalue weighted by molar-refractivity contribution is 0.616. The summed E-state index contributed by atoms with van der Waals surface area (Å²) in [7, 11) is 0. The number of anilines is 1. The normalized spacial score (nSPS) is 25.1. The van der Waals surface area contributed by atoms with Crippen molar-refractivity contribution in [1.82, 2.24) is 4.98 Å². The molecule has 0 aliphatic carbocycles. The molecule has 1 aromatic heterocycles. The second kappa shape index (κ2) is 4.58. The summed E-state index contributed by atoms with van der Waals surface area (Å²) >= 11 is 5.83. The predicted molar refractivity (Wildman–Crippen MR) is 64.3 cm³/mol. The Kier molecular flexibility index (Phi) is 3.33. The minimum atomic E-state index is -0.320. The first-order chi connectivity index (χ1) is 7.61. The molecule has 16 heavy (non-hydrogen) atoms. The molecule has 0 saturated carbocycles. The number of pyridine rings is 1. The van der Waals surface area contributed by atoms with Gasteiger partial charge < -0.3 is 4.90 Å². The highest BCUT2D eigenvalue weighted by molar-refractivity contribution is 6.17. The van der Waals surface area contributed by atoms with Gasteiger partial charge in [0.05, 0.1) is 12.1 Å². The Bertz CT molecular complexity index is 383. The SMILES string of the molecule is CC1CC(C)N(c2ncc(F)cc2CCl)C1. The van der Waals surface area contributed by atoms with Gasteiger partial charge in [0.15, 0.2) is 0 Å². The number of hydrogen-bond acceptors (Lipinski definition) is 2. The third-order valence-electron chi connectivity index (χ3n) is 3.11. The fourth-order valence-electron chi connectivity index (χ4n) is 2.43. The largest absolute Gasteiger partial charge is 0.353 e. The van der Waals surface area contributed by atoms with E-state index in [-0.39, 0.29) is 5.82 Å². The first-order valence-corrected chi connectivity index (χ1v) is 6.12. The summed E-state index contributed by atoms with van der Waals surface area (Å²) in [6.45, 7) is 5.37. The lowest BCUT2D eigenvalue weighted by Crippen LogP contribution is -2.28. The number of rotatable bonds is 2. The molecule has 1 aliphatic rings. The quantitative estimate of drug-likeness (QED) is 0.741. The summed E-state index contributed by atoms with van der Waals surface area (Å²) in [4.78, 5) is 6.41. The molecule has 0 radical (unpaired) electrons. The summed E-state index contributed by atoms with van der Waals surface area (Å²) in [5.41, 5.74) is 0.780. The van der Waals surface area contributed by atoms with Crippen molar-refractivity contribution in [2.75, 3.05) is 11.4 Å². The van der Waals surface area contributed by atoms with Gasteiger partial charge in [0.1, 0.15) is 11.6 Å². The van der Waals surface area contributed by atoms with E-state index in [2.05, 4.69) is 23.7 Å². The molecule has 2 heterocycles. The van der Waals surface area contributed by atoms with Gasteiger partial charge in [-0.2, -0.15) is 0 Å². The molecule has 2 atom stereocenters. The van der Waals surface area contributed by atoms with Crippen molar-refractivity contribution in [3.63, 3.8) is 0 Å². The lowest BCUT2D eigenvalue weighted by atomic mass is 10.1. The number of hydrogen-bond donors (Lipinski definition) is 0. The summed E-state index contributed by atoms with van der Waals surface area (Å²) in [6, 6.07) is 1.93. The first kappa shape index (κ1) is 11.6. The second-order valence-electron chi connectivity index (χ2n) is 4.61. The van der Waals surface area contributed by atoms with Crippen LogP contribution in [0.15, 0.2) is 12.3 Å². The van der Waals surface area contributed by atoms with Crippen molar-refractivity contribution in [2.24, 2.45) is 5.92 Å². The average molecular weight is 243 g/mol. The fourth-order valence-corrected chi connectivity index (χ4v) is 2.62. The Labute approximate surface area is 100 Å². The van der Waals surface area contributed by atoms with Crippen molar-refractivity contribution in [1.29, 1.82) is 0 Å². The van der Waals surface area contributed by atoms with Crippen LogP contribution in [0, 0.1) is 11.7 Å². The van der Waals surface area contributed by atoms with Crippen molar-refractivity contribution >= 4 is 17.4 Å². The zero-order valence-corrected chi connectivity index (χ0v) is 10.3. The minimum Gasteiger partial charge on any atom is -0.353 e. The van der Waals surface area contributed by atoms with Crippen molar-refractivity contribution in [2.45, 2.75) is 32.2 Å². The second-order valence-corrected chi connectivity index (χ2v) is 4.88. The van der Waals surface area contributed by atoms with E-state index in [0.29, 0.717) is 17.8 Å². The molecule has 1 fully saturated rings. The van der Waals surface area contributed by atoms with E-state index in [1.54, 1.807) is 0 Å². The van der Waals surface area contributed by atoms with E-state index in [9.17, 15) is 4.39 Å². The van der Waals surface area contributed by atoms with E-state index in [4.69, 9.17) is 11.6 Å². The maximum Gasteiger partial charge on any atom is 0.141 e. The molecular weight excluding hydrogens is 227 g/mol. The van der Waals surface area contributed by atoms with Crippen LogP contribution < -0.4 is 4.90 Å². The third kappa shape index (κ3) is 2.14. The topological polar surface area (TPSA) is 16.1 Å². The van der Waals surface area contributed by atoms with Crippen molar-refractivity contribution in [3.05, 3.63) is 23.6 Å². The smallest absolute Gasteiger partial charge is 0.141 e. The van der Waals surface area contributed by atoms with Crippen LogP contribution in [0.5, 0.6) is 0 Å². The molecule has 4 heteroatoms. The summed E-state index contributed by atoms with van der Waals surface area (Å²) in [6.07, 6.45) is 2.42. The van der Waals surface area contributed by atoms with Crippen LogP contribution in [0.3, 0.4) is 0 Å². The Balaban J connectivity index is 2.32. The van der Waals surface area contributed by atoms with E-state index in [1.807, 2.05) is 0 Å². The Hall–Kier alpha value is -0.830. The van der Waals surface area contributed by atoms with Crippen LogP contribution in [0.4, 0.5) is 10.2 Å². The van der Waals surface area contributed by atoms with Gasteiger partial charge in [-0.25, -0.2) is 9.37 Å². The Morgan fingerprint density at radius 3 is 2.88 bits per heavy atom. The average Bonchev–Trinajstić information content (AvgIpc) is 2.57. The Morgan fingerprint density at radius 1 is 1.56 bits per heavy atom. The lowest BCUT2D eigenvalue weighted by Gasteiger charge is -2.24. The molecule has 88 valence electrons. The van der Waals surface area contributed by atoms with Crippen LogP contribution in [-0.2, 0) is 5.88 Å². The molecule has 2 unspecified atom stereocenters. The minimum absolute atomic E-state index is 0.303. The number of halogens is 2. The van der Waals surface area contributed by atoms with Gasteiger partial charge in [0.25, 0.3) is 0 Å². The van der Waals surface area contributed by atoms with Crippen LogP contribution in [0.2, 0.25) is 0 Å². The highest BCUT2D eigenvalue weighted by atomic mass is 35.5. The van der Waals surface area contributed by atoms with E-state index in [1.165, 1.54) is 12.3 Å². The number of alkyl halides is 1. The van der Waals surface area contributed by atoms with Crippen LogP contribution in [0.1, 0.15) is 25.8 Å². The molecule has 0 bridgehead atoms. The van der Waals surface area contributed by atoms with Gasteiger partial charge in [-0.3, -0.25) is 0 Å². The van der Waals surface area contributed by atoms with Gasteiger partial charge in [-0.05, 0) is 25.3 Å². The predicted octanol–water partition coefficient (Wildman–Crippen LogP) is 3.19. The standard InChI is InChI=1S/C12H16ClFN2/c1-8-3-9(2)16(7-8)12-10(5-13)4-11(14)6-15-12/h4,6,8-9H,3,5,7H2,1-2H3. The van der Waals surface area contributed by atoms with Crippen molar-refractivity contribution in [3.8, 4) is 0 Å². The molecule has 2 rings (SSSR count). The van der Waals surface area contributed by atoms with E-state index >= 15 is 0 Å². The van der Waals surface area contributed by atoms with Crippen LogP contribution >= 0.6 is 11.6 Å². The zero-order valence-electron chi connectivity index (χ0n) is 9.58. The summed E-state index contributed by atoms with van der Waals surface area (Å²) in [5.74, 6) is 1.48.